The van der Waals surface area contributed by atoms with Crippen LogP contribution in [0.4, 0.5) is 5.69 Å². The van der Waals surface area contributed by atoms with Gasteiger partial charge in [0.2, 0.25) is 0 Å². The van der Waals surface area contributed by atoms with Gasteiger partial charge in [-0.3, -0.25) is 0 Å². The molecule has 17 heavy (non-hydrogen) atoms. The van der Waals surface area contributed by atoms with Crippen LogP contribution in [0.1, 0.15) is 11.1 Å². The molecule has 0 N–H and O–H groups in total. The van der Waals surface area contributed by atoms with Crippen LogP contribution in [0, 0.1) is 6.92 Å². The van der Waals surface area contributed by atoms with E-state index < -0.39 is 0 Å². The molecule has 0 aliphatic heterocycles. The Labute approximate surface area is 111 Å². The Balaban J connectivity index is 2.30. The minimum atomic E-state index is 0.482. The predicted molar refractivity (Wildman–Crippen MR) is 74.7 cm³/mol. The highest BCUT2D eigenvalue weighted by Crippen LogP contribution is 2.19. The first kappa shape index (κ1) is 12.2. The SMILES string of the molecule is Cc1cccc(C(Cl)=Nc2ccc(Cl)cc2)c1. The molecule has 3 heteroatoms. The maximum absolute atomic E-state index is 6.17. The van der Waals surface area contributed by atoms with Crippen molar-refractivity contribution in [3.63, 3.8) is 0 Å². The van der Waals surface area contributed by atoms with E-state index in [2.05, 4.69) is 4.99 Å². The predicted octanol–water partition coefficient (Wildman–Crippen LogP) is 4.97. The molecule has 0 heterocycles. The molecule has 1 nitrogen and oxygen atoms in total. The normalized spacial score (nSPS) is 11.6. The van der Waals surface area contributed by atoms with Crippen molar-refractivity contribution >= 4 is 34.1 Å². The van der Waals surface area contributed by atoms with Crippen molar-refractivity contribution in [3.05, 3.63) is 64.7 Å². The third kappa shape index (κ3) is 3.32. The van der Waals surface area contributed by atoms with Gasteiger partial charge in [0.1, 0.15) is 5.17 Å². The molecular formula is C14H11Cl2N. The Bertz CT molecular complexity index is 544. The number of hydrogen-bond donors (Lipinski definition) is 0. The Hall–Kier alpha value is -1.31. The molecule has 0 radical (unpaired) electrons. The second kappa shape index (κ2) is 5.35. The van der Waals surface area contributed by atoms with E-state index in [9.17, 15) is 0 Å². The van der Waals surface area contributed by atoms with Crippen LogP contribution in [0.3, 0.4) is 0 Å². The van der Waals surface area contributed by atoms with Gasteiger partial charge in [0.05, 0.1) is 5.69 Å². The van der Waals surface area contributed by atoms with E-state index >= 15 is 0 Å². The molecule has 0 amide bonds. The first-order valence-corrected chi connectivity index (χ1v) is 5.97. The number of aryl methyl sites for hydroxylation is 1. The summed E-state index contributed by atoms with van der Waals surface area (Å²) < 4.78 is 0. The van der Waals surface area contributed by atoms with Gasteiger partial charge in [-0.1, -0.05) is 47.0 Å². The topological polar surface area (TPSA) is 12.4 Å². The van der Waals surface area contributed by atoms with Crippen LogP contribution in [-0.2, 0) is 0 Å². The number of halogens is 2. The summed E-state index contributed by atoms with van der Waals surface area (Å²) in [6.45, 7) is 2.02. The summed E-state index contributed by atoms with van der Waals surface area (Å²) in [4.78, 5) is 4.33. The van der Waals surface area contributed by atoms with Gasteiger partial charge < -0.3 is 0 Å². The van der Waals surface area contributed by atoms with E-state index in [-0.39, 0.29) is 0 Å². The van der Waals surface area contributed by atoms with Gasteiger partial charge in [0.15, 0.2) is 0 Å². The smallest absolute Gasteiger partial charge is 0.136 e. The van der Waals surface area contributed by atoms with Gasteiger partial charge in [0.25, 0.3) is 0 Å². The number of benzene rings is 2. The maximum Gasteiger partial charge on any atom is 0.136 e. The molecule has 0 aromatic heterocycles. The Morgan fingerprint density at radius 1 is 1.06 bits per heavy atom. The van der Waals surface area contributed by atoms with Crippen molar-refractivity contribution in [3.8, 4) is 0 Å². The summed E-state index contributed by atoms with van der Waals surface area (Å²) in [6.07, 6.45) is 0. The van der Waals surface area contributed by atoms with E-state index in [0.717, 1.165) is 16.8 Å². The molecule has 2 aromatic carbocycles. The number of rotatable bonds is 2. The van der Waals surface area contributed by atoms with E-state index in [1.807, 2.05) is 43.3 Å². The fraction of sp³-hybridized carbons (Fsp3) is 0.0714. The van der Waals surface area contributed by atoms with Gasteiger partial charge in [-0.2, -0.15) is 0 Å². The molecule has 0 saturated carbocycles. The lowest BCUT2D eigenvalue weighted by Crippen LogP contribution is -1.90. The first-order valence-electron chi connectivity index (χ1n) is 5.22. The highest BCUT2D eigenvalue weighted by molar-refractivity contribution is 6.69. The third-order valence-corrected chi connectivity index (χ3v) is 2.86. The average Bonchev–Trinajstić information content (AvgIpc) is 2.32. The molecule has 2 aromatic rings. The van der Waals surface area contributed by atoms with Gasteiger partial charge in [-0.05, 0) is 37.3 Å². The minimum absolute atomic E-state index is 0.482. The lowest BCUT2D eigenvalue weighted by Gasteiger charge is -2.00. The van der Waals surface area contributed by atoms with Crippen molar-refractivity contribution < 1.29 is 0 Å². The van der Waals surface area contributed by atoms with Crippen molar-refractivity contribution in [2.45, 2.75) is 6.92 Å². The first-order chi connectivity index (χ1) is 8.15. The zero-order chi connectivity index (χ0) is 12.3. The Morgan fingerprint density at radius 3 is 2.41 bits per heavy atom. The van der Waals surface area contributed by atoms with E-state index in [0.29, 0.717) is 10.2 Å². The molecule has 0 unspecified atom stereocenters. The molecule has 0 aliphatic carbocycles. The van der Waals surface area contributed by atoms with Crippen LogP contribution in [-0.4, -0.2) is 5.17 Å². The summed E-state index contributed by atoms with van der Waals surface area (Å²) in [6, 6.07) is 15.2. The average molecular weight is 264 g/mol. The molecule has 0 aliphatic rings. The minimum Gasteiger partial charge on any atom is -0.236 e. The lowest BCUT2D eigenvalue weighted by molar-refractivity contribution is 1.45. The molecule has 86 valence electrons. The van der Waals surface area contributed by atoms with Crippen LogP contribution in [0.15, 0.2) is 53.5 Å². The molecule has 0 atom stereocenters. The lowest BCUT2D eigenvalue weighted by atomic mass is 10.1. The molecule has 0 spiro atoms. The molecule has 0 fully saturated rings. The second-order valence-electron chi connectivity index (χ2n) is 3.75. The fourth-order valence-corrected chi connectivity index (χ4v) is 1.81. The highest BCUT2D eigenvalue weighted by Gasteiger charge is 2.00. The molecule has 0 bridgehead atoms. The van der Waals surface area contributed by atoms with Crippen LogP contribution in [0.2, 0.25) is 5.02 Å². The van der Waals surface area contributed by atoms with Crippen LogP contribution >= 0.6 is 23.2 Å². The molecule has 2 rings (SSSR count). The van der Waals surface area contributed by atoms with Crippen LogP contribution < -0.4 is 0 Å². The zero-order valence-corrected chi connectivity index (χ0v) is 10.8. The van der Waals surface area contributed by atoms with Gasteiger partial charge in [-0.15, -0.1) is 0 Å². The quantitative estimate of drug-likeness (QED) is 0.679. The van der Waals surface area contributed by atoms with E-state index in [1.54, 1.807) is 12.1 Å². The Morgan fingerprint density at radius 2 is 1.76 bits per heavy atom. The summed E-state index contributed by atoms with van der Waals surface area (Å²) in [5.74, 6) is 0. The zero-order valence-electron chi connectivity index (χ0n) is 9.32. The molecular weight excluding hydrogens is 253 g/mol. The monoisotopic (exact) mass is 263 g/mol. The fourth-order valence-electron chi connectivity index (χ4n) is 1.47. The largest absolute Gasteiger partial charge is 0.236 e. The standard InChI is InChI=1S/C14H11Cl2N/c1-10-3-2-4-11(9-10)14(16)17-13-7-5-12(15)6-8-13/h2-9H,1H3. The van der Waals surface area contributed by atoms with Crippen molar-refractivity contribution in [1.82, 2.24) is 0 Å². The van der Waals surface area contributed by atoms with Crippen LogP contribution in [0.5, 0.6) is 0 Å². The van der Waals surface area contributed by atoms with Crippen molar-refractivity contribution in [2.75, 3.05) is 0 Å². The summed E-state index contributed by atoms with van der Waals surface area (Å²) >= 11 is 12.0. The summed E-state index contributed by atoms with van der Waals surface area (Å²) in [5.41, 5.74) is 2.87. The number of nitrogens with zero attached hydrogens (tertiary/aromatic N) is 1. The van der Waals surface area contributed by atoms with Crippen molar-refractivity contribution in [1.29, 1.82) is 0 Å². The van der Waals surface area contributed by atoms with E-state index in [1.165, 1.54) is 0 Å². The number of aliphatic imine (C=N–C) groups is 1. The summed E-state index contributed by atoms with van der Waals surface area (Å²) in [7, 11) is 0. The van der Waals surface area contributed by atoms with Crippen molar-refractivity contribution in [2.24, 2.45) is 4.99 Å². The summed E-state index contributed by atoms with van der Waals surface area (Å²) in [5, 5.41) is 1.17. The van der Waals surface area contributed by atoms with E-state index in [4.69, 9.17) is 23.2 Å². The van der Waals surface area contributed by atoms with Gasteiger partial charge >= 0.3 is 0 Å². The Kier molecular flexibility index (Phi) is 3.82. The maximum atomic E-state index is 6.17. The second-order valence-corrected chi connectivity index (χ2v) is 4.54. The van der Waals surface area contributed by atoms with Gasteiger partial charge in [-0.25, -0.2) is 4.99 Å². The van der Waals surface area contributed by atoms with Crippen LogP contribution in [0.25, 0.3) is 0 Å². The highest BCUT2D eigenvalue weighted by atomic mass is 35.5. The molecule has 0 saturated heterocycles. The van der Waals surface area contributed by atoms with Gasteiger partial charge in [0, 0.05) is 10.6 Å². The third-order valence-electron chi connectivity index (χ3n) is 2.31. The number of hydrogen-bond acceptors (Lipinski definition) is 1.